The molecule has 2 aromatic carbocycles. The van der Waals surface area contributed by atoms with Crippen LogP contribution < -0.4 is 26.4 Å². The van der Waals surface area contributed by atoms with Gasteiger partial charge in [0.1, 0.15) is 10.8 Å². The minimum absolute atomic E-state index is 0.148. The van der Waals surface area contributed by atoms with Crippen molar-refractivity contribution in [3.63, 3.8) is 0 Å². The van der Waals surface area contributed by atoms with E-state index in [4.69, 9.17) is 22.1 Å². The molecule has 3 rings (SSSR count). The van der Waals surface area contributed by atoms with Crippen molar-refractivity contribution in [1.82, 2.24) is 15.3 Å². The third kappa shape index (κ3) is 4.80. The van der Waals surface area contributed by atoms with Crippen LogP contribution in [0.25, 0.3) is 0 Å². The van der Waals surface area contributed by atoms with Gasteiger partial charge in [0.15, 0.2) is 5.82 Å². The van der Waals surface area contributed by atoms with Crippen LogP contribution in [0.15, 0.2) is 54.7 Å². The van der Waals surface area contributed by atoms with Gasteiger partial charge in [-0.1, -0.05) is 29.8 Å². The van der Waals surface area contributed by atoms with Crippen LogP contribution in [0.5, 0.6) is 5.75 Å². The van der Waals surface area contributed by atoms with E-state index in [1.54, 1.807) is 49.6 Å². The SMILES string of the molecule is COc1cc(N)ccc1Nc1ncc(Cl)c(NCNC(=O)c2ccccc2)n1. The molecule has 144 valence electrons. The first-order chi connectivity index (χ1) is 13.6. The van der Waals surface area contributed by atoms with Gasteiger partial charge in [-0.05, 0) is 24.3 Å². The molecule has 5 N–H and O–H groups in total. The summed E-state index contributed by atoms with van der Waals surface area (Å²) in [6, 6.07) is 14.1. The Bertz CT molecular complexity index is 968. The number of nitrogens with zero attached hydrogens (tertiary/aromatic N) is 2. The number of anilines is 4. The molecule has 28 heavy (non-hydrogen) atoms. The quantitative estimate of drug-likeness (QED) is 0.356. The van der Waals surface area contributed by atoms with Gasteiger partial charge in [-0.3, -0.25) is 4.79 Å². The molecular weight excluding hydrogens is 380 g/mol. The second-order valence-electron chi connectivity index (χ2n) is 5.70. The monoisotopic (exact) mass is 398 g/mol. The maximum atomic E-state index is 12.1. The number of nitrogen functional groups attached to an aromatic ring is 1. The van der Waals surface area contributed by atoms with Crippen LogP contribution in [0.3, 0.4) is 0 Å². The number of ether oxygens (including phenoxy) is 1. The predicted octanol–water partition coefficient (Wildman–Crippen LogP) is 3.26. The third-order valence-corrected chi connectivity index (χ3v) is 4.03. The Morgan fingerprint density at radius 1 is 1.21 bits per heavy atom. The zero-order chi connectivity index (χ0) is 19.9. The van der Waals surface area contributed by atoms with Crippen LogP contribution >= 0.6 is 11.6 Å². The highest BCUT2D eigenvalue weighted by molar-refractivity contribution is 6.32. The summed E-state index contributed by atoms with van der Waals surface area (Å²) in [5.74, 6) is 1.04. The van der Waals surface area contributed by atoms with Crippen molar-refractivity contribution in [2.45, 2.75) is 0 Å². The summed E-state index contributed by atoms with van der Waals surface area (Å²) in [7, 11) is 1.55. The molecule has 1 amide bonds. The minimum atomic E-state index is -0.205. The molecule has 0 radical (unpaired) electrons. The van der Waals surface area contributed by atoms with Gasteiger partial charge in [0.05, 0.1) is 25.7 Å². The Labute approximate surface area is 167 Å². The highest BCUT2D eigenvalue weighted by Crippen LogP contribution is 2.29. The fraction of sp³-hybridized carbons (Fsp3) is 0.105. The summed E-state index contributed by atoms with van der Waals surface area (Å²) in [6.45, 7) is 0.148. The maximum Gasteiger partial charge on any atom is 0.252 e. The summed E-state index contributed by atoms with van der Waals surface area (Å²) in [5, 5.41) is 9.09. The van der Waals surface area contributed by atoms with E-state index in [0.29, 0.717) is 39.5 Å². The molecule has 0 aliphatic heterocycles. The van der Waals surface area contributed by atoms with E-state index < -0.39 is 0 Å². The van der Waals surface area contributed by atoms with E-state index in [9.17, 15) is 4.79 Å². The molecular formula is C19H19ClN6O2. The molecule has 9 heteroatoms. The van der Waals surface area contributed by atoms with Crippen LogP contribution in [0.4, 0.5) is 23.1 Å². The molecule has 0 aliphatic rings. The smallest absolute Gasteiger partial charge is 0.252 e. The third-order valence-electron chi connectivity index (χ3n) is 3.76. The number of hydrogen-bond donors (Lipinski definition) is 4. The molecule has 0 saturated carbocycles. The van der Waals surface area contributed by atoms with E-state index in [-0.39, 0.29) is 12.6 Å². The number of amides is 1. The van der Waals surface area contributed by atoms with Gasteiger partial charge in [-0.15, -0.1) is 0 Å². The lowest BCUT2D eigenvalue weighted by molar-refractivity contribution is 0.0956. The molecule has 0 saturated heterocycles. The number of hydrogen-bond acceptors (Lipinski definition) is 7. The number of carbonyl (C=O) groups is 1. The maximum absolute atomic E-state index is 12.1. The van der Waals surface area contributed by atoms with E-state index in [0.717, 1.165) is 0 Å². The lowest BCUT2D eigenvalue weighted by Crippen LogP contribution is -2.29. The van der Waals surface area contributed by atoms with Crippen molar-refractivity contribution in [2.75, 3.05) is 30.1 Å². The normalized spacial score (nSPS) is 10.2. The largest absolute Gasteiger partial charge is 0.494 e. The molecule has 1 aromatic heterocycles. The molecule has 0 spiro atoms. The molecule has 0 atom stereocenters. The Balaban J connectivity index is 1.66. The van der Waals surface area contributed by atoms with E-state index in [1.807, 2.05) is 6.07 Å². The average Bonchev–Trinajstić information content (AvgIpc) is 2.72. The van der Waals surface area contributed by atoms with Gasteiger partial charge in [-0.25, -0.2) is 4.98 Å². The van der Waals surface area contributed by atoms with E-state index >= 15 is 0 Å². The fourth-order valence-corrected chi connectivity index (χ4v) is 2.54. The van der Waals surface area contributed by atoms with Gasteiger partial charge >= 0.3 is 0 Å². The number of benzene rings is 2. The van der Waals surface area contributed by atoms with Crippen molar-refractivity contribution in [1.29, 1.82) is 0 Å². The van der Waals surface area contributed by atoms with Crippen molar-refractivity contribution < 1.29 is 9.53 Å². The minimum Gasteiger partial charge on any atom is -0.494 e. The first kappa shape index (κ1) is 19.2. The van der Waals surface area contributed by atoms with Crippen LogP contribution in [-0.2, 0) is 0 Å². The number of methoxy groups -OCH3 is 1. The molecule has 1 heterocycles. The summed E-state index contributed by atoms with van der Waals surface area (Å²) < 4.78 is 5.30. The Morgan fingerprint density at radius 3 is 2.75 bits per heavy atom. The van der Waals surface area contributed by atoms with Crippen LogP contribution in [0.2, 0.25) is 5.02 Å². The summed E-state index contributed by atoms with van der Waals surface area (Å²) >= 11 is 6.14. The highest BCUT2D eigenvalue weighted by atomic mass is 35.5. The highest BCUT2D eigenvalue weighted by Gasteiger charge is 2.10. The second-order valence-corrected chi connectivity index (χ2v) is 6.11. The number of rotatable bonds is 7. The lowest BCUT2D eigenvalue weighted by Gasteiger charge is -2.13. The van der Waals surface area contributed by atoms with Crippen molar-refractivity contribution >= 4 is 40.6 Å². The van der Waals surface area contributed by atoms with E-state index in [1.165, 1.54) is 6.20 Å². The zero-order valence-electron chi connectivity index (χ0n) is 15.1. The van der Waals surface area contributed by atoms with Gasteiger partial charge in [0.25, 0.3) is 5.91 Å². The summed E-state index contributed by atoms with van der Waals surface area (Å²) in [6.07, 6.45) is 1.46. The molecule has 0 unspecified atom stereocenters. The number of aromatic nitrogens is 2. The predicted molar refractivity (Wildman–Crippen MR) is 110 cm³/mol. The number of nitrogens with two attached hydrogens (primary N) is 1. The Hall–Kier alpha value is -3.52. The van der Waals surface area contributed by atoms with Crippen LogP contribution in [-0.4, -0.2) is 29.7 Å². The van der Waals surface area contributed by atoms with Gasteiger partial charge in [0, 0.05) is 17.3 Å². The molecule has 0 bridgehead atoms. The van der Waals surface area contributed by atoms with Crippen molar-refractivity contribution in [3.05, 3.63) is 65.3 Å². The Morgan fingerprint density at radius 2 is 2.00 bits per heavy atom. The van der Waals surface area contributed by atoms with Gasteiger partial charge < -0.3 is 26.4 Å². The van der Waals surface area contributed by atoms with Crippen molar-refractivity contribution in [3.8, 4) is 5.75 Å². The zero-order valence-corrected chi connectivity index (χ0v) is 15.8. The standard InChI is InChI=1S/C19H19ClN6O2/c1-28-16-9-13(21)7-8-15(16)25-19-22-10-14(20)17(26-19)23-11-24-18(27)12-5-3-2-4-6-12/h2-10H,11,21H2,1H3,(H,24,27)(H2,22,23,25,26). The Kier molecular flexibility index (Phi) is 6.13. The topological polar surface area (TPSA) is 114 Å². The molecule has 0 fully saturated rings. The van der Waals surface area contributed by atoms with Gasteiger partial charge in [0.2, 0.25) is 5.95 Å². The lowest BCUT2D eigenvalue weighted by atomic mass is 10.2. The second kappa shape index (κ2) is 8.92. The molecule has 8 nitrogen and oxygen atoms in total. The molecule has 3 aromatic rings. The summed E-state index contributed by atoms with van der Waals surface area (Å²) in [4.78, 5) is 20.6. The molecule has 0 aliphatic carbocycles. The fourth-order valence-electron chi connectivity index (χ4n) is 2.38. The van der Waals surface area contributed by atoms with E-state index in [2.05, 4.69) is 25.9 Å². The average molecular weight is 399 g/mol. The van der Waals surface area contributed by atoms with Crippen LogP contribution in [0.1, 0.15) is 10.4 Å². The first-order valence-electron chi connectivity index (χ1n) is 8.37. The summed E-state index contributed by atoms with van der Waals surface area (Å²) in [5.41, 5.74) is 7.56. The number of carbonyl (C=O) groups excluding carboxylic acids is 1. The first-order valence-corrected chi connectivity index (χ1v) is 8.75. The van der Waals surface area contributed by atoms with Crippen LogP contribution in [0, 0.1) is 0 Å². The van der Waals surface area contributed by atoms with Crippen molar-refractivity contribution in [2.24, 2.45) is 0 Å². The van der Waals surface area contributed by atoms with Gasteiger partial charge in [-0.2, -0.15) is 4.98 Å². The number of nitrogens with one attached hydrogen (secondary N) is 3. The number of halogens is 1.